The Hall–Kier alpha value is -1.92. The first-order valence-corrected chi connectivity index (χ1v) is 8.51. The SMILES string of the molecule is COc1cc(C)c(CNC[C@@H]2CCCO[C@H]2c2cn[nH]c2)c(C)n1. The summed E-state index contributed by atoms with van der Waals surface area (Å²) in [6.07, 6.45) is 6.21. The number of H-pyrrole nitrogens is 1. The second-order valence-corrected chi connectivity index (χ2v) is 6.40. The first-order valence-electron chi connectivity index (χ1n) is 8.51. The van der Waals surface area contributed by atoms with Gasteiger partial charge in [-0.2, -0.15) is 5.10 Å². The summed E-state index contributed by atoms with van der Waals surface area (Å²) in [5.41, 5.74) is 4.61. The number of aromatic amines is 1. The maximum Gasteiger partial charge on any atom is 0.213 e. The third-order valence-electron chi connectivity index (χ3n) is 4.74. The molecule has 3 rings (SSSR count). The lowest BCUT2D eigenvalue weighted by Gasteiger charge is -2.31. The van der Waals surface area contributed by atoms with E-state index in [9.17, 15) is 0 Å². The molecule has 2 atom stereocenters. The first-order chi connectivity index (χ1) is 11.7. The number of aryl methyl sites for hydroxylation is 2. The second kappa shape index (κ2) is 7.77. The molecule has 6 heteroatoms. The summed E-state index contributed by atoms with van der Waals surface area (Å²) in [7, 11) is 1.65. The number of nitrogens with zero attached hydrogens (tertiary/aromatic N) is 2. The number of nitrogens with one attached hydrogen (secondary N) is 2. The van der Waals surface area contributed by atoms with Crippen molar-refractivity contribution in [2.75, 3.05) is 20.3 Å². The van der Waals surface area contributed by atoms with Crippen molar-refractivity contribution in [3.05, 3.63) is 40.8 Å². The molecule has 0 radical (unpaired) electrons. The minimum Gasteiger partial charge on any atom is -0.481 e. The van der Waals surface area contributed by atoms with Crippen LogP contribution in [-0.4, -0.2) is 35.4 Å². The highest BCUT2D eigenvalue weighted by Gasteiger charge is 2.27. The fourth-order valence-corrected chi connectivity index (χ4v) is 3.41. The summed E-state index contributed by atoms with van der Waals surface area (Å²) in [6, 6.07) is 1.99. The van der Waals surface area contributed by atoms with Crippen molar-refractivity contribution in [3.8, 4) is 5.88 Å². The molecule has 0 aliphatic carbocycles. The Morgan fingerprint density at radius 1 is 1.42 bits per heavy atom. The van der Waals surface area contributed by atoms with Gasteiger partial charge in [0.15, 0.2) is 0 Å². The van der Waals surface area contributed by atoms with Crippen LogP contribution in [0.2, 0.25) is 0 Å². The summed E-state index contributed by atoms with van der Waals surface area (Å²) in [4.78, 5) is 4.47. The molecule has 0 aromatic carbocycles. The topological polar surface area (TPSA) is 72.1 Å². The second-order valence-electron chi connectivity index (χ2n) is 6.40. The van der Waals surface area contributed by atoms with Crippen LogP contribution in [0.5, 0.6) is 5.88 Å². The Balaban J connectivity index is 1.61. The van der Waals surface area contributed by atoms with E-state index in [0.717, 1.165) is 37.4 Å². The van der Waals surface area contributed by atoms with Gasteiger partial charge in [0.2, 0.25) is 5.88 Å². The van der Waals surface area contributed by atoms with Gasteiger partial charge >= 0.3 is 0 Å². The van der Waals surface area contributed by atoms with Crippen LogP contribution in [-0.2, 0) is 11.3 Å². The van der Waals surface area contributed by atoms with Gasteiger partial charge in [-0.25, -0.2) is 4.98 Å². The van der Waals surface area contributed by atoms with Crippen molar-refractivity contribution in [1.82, 2.24) is 20.5 Å². The quantitative estimate of drug-likeness (QED) is 0.852. The Bertz CT molecular complexity index is 634. The van der Waals surface area contributed by atoms with E-state index >= 15 is 0 Å². The molecule has 0 spiro atoms. The van der Waals surface area contributed by atoms with Crippen molar-refractivity contribution in [2.24, 2.45) is 5.92 Å². The number of hydrogen-bond acceptors (Lipinski definition) is 5. The Kier molecular flexibility index (Phi) is 5.48. The normalized spacial score (nSPS) is 21.0. The summed E-state index contributed by atoms with van der Waals surface area (Å²) in [5, 5.41) is 10.5. The lowest BCUT2D eigenvalue weighted by molar-refractivity contribution is -0.0278. The van der Waals surface area contributed by atoms with Crippen LogP contribution in [0, 0.1) is 19.8 Å². The molecule has 0 unspecified atom stereocenters. The van der Waals surface area contributed by atoms with Crippen molar-refractivity contribution < 1.29 is 9.47 Å². The number of rotatable bonds is 6. The molecular formula is C18H26N4O2. The van der Waals surface area contributed by atoms with E-state index < -0.39 is 0 Å². The van der Waals surface area contributed by atoms with Gasteiger partial charge in [0, 0.05) is 49.1 Å². The number of ether oxygens (including phenoxy) is 2. The standard InChI is InChI=1S/C18H26N4O2/c1-12-7-17(23-3)22-13(2)16(12)11-19-8-14-5-4-6-24-18(14)15-9-20-21-10-15/h7,9-10,14,18-19H,4-6,8,11H2,1-3H3,(H,20,21)/t14-,18+/m0/s1. The van der Waals surface area contributed by atoms with E-state index in [1.165, 1.54) is 17.5 Å². The maximum absolute atomic E-state index is 5.99. The average molecular weight is 330 g/mol. The third-order valence-corrected chi connectivity index (χ3v) is 4.74. The summed E-state index contributed by atoms with van der Waals surface area (Å²) in [6.45, 7) is 6.69. The Morgan fingerprint density at radius 2 is 2.29 bits per heavy atom. The van der Waals surface area contributed by atoms with Crippen LogP contribution in [0.4, 0.5) is 0 Å². The molecule has 3 heterocycles. The van der Waals surface area contributed by atoms with Gasteiger partial charge in [0.25, 0.3) is 0 Å². The average Bonchev–Trinajstić information content (AvgIpc) is 3.12. The largest absolute Gasteiger partial charge is 0.481 e. The molecule has 1 saturated heterocycles. The summed E-state index contributed by atoms with van der Waals surface area (Å²) >= 11 is 0. The molecule has 2 N–H and O–H groups in total. The zero-order chi connectivity index (χ0) is 16.9. The van der Waals surface area contributed by atoms with Crippen molar-refractivity contribution in [1.29, 1.82) is 0 Å². The van der Waals surface area contributed by atoms with Crippen LogP contribution < -0.4 is 10.1 Å². The molecule has 2 aromatic heterocycles. The smallest absolute Gasteiger partial charge is 0.213 e. The molecule has 0 saturated carbocycles. The zero-order valence-corrected chi connectivity index (χ0v) is 14.6. The van der Waals surface area contributed by atoms with Crippen molar-refractivity contribution >= 4 is 0 Å². The van der Waals surface area contributed by atoms with E-state index in [1.54, 1.807) is 7.11 Å². The van der Waals surface area contributed by atoms with Crippen LogP contribution in [0.3, 0.4) is 0 Å². The van der Waals surface area contributed by atoms with E-state index in [1.807, 2.05) is 25.4 Å². The Labute approximate surface area is 143 Å². The molecule has 6 nitrogen and oxygen atoms in total. The van der Waals surface area contributed by atoms with Crippen LogP contribution in [0.1, 0.15) is 41.3 Å². The molecule has 1 aliphatic rings. The van der Waals surface area contributed by atoms with Crippen LogP contribution >= 0.6 is 0 Å². The summed E-state index contributed by atoms with van der Waals surface area (Å²) < 4.78 is 11.2. The van der Waals surface area contributed by atoms with Gasteiger partial charge < -0.3 is 14.8 Å². The monoisotopic (exact) mass is 330 g/mol. The number of aromatic nitrogens is 3. The van der Waals surface area contributed by atoms with Crippen molar-refractivity contribution in [2.45, 2.75) is 39.3 Å². The first kappa shape index (κ1) is 16.9. The highest BCUT2D eigenvalue weighted by molar-refractivity contribution is 5.33. The molecule has 1 aliphatic heterocycles. The lowest BCUT2D eigenvalue weighted by atomic mass is 9.90. The predicted octanol–water partition coefficient (Wildman–Crippen LogP) is 2.69. The minimum absolute atomic E-state index is 0.126. The molecule has 24 heavy (non-hydrogen) atoms. The molecule has 130 valence electrons. The van der Waals surface area contributed by atoms with Gasteiger partial charge in [-0.1, -0.05) is 0 Å². The van der Waals surface area contributed by atoms with Crippen LogP contribution in [0.25, 0.3) is 0 Å². The van der Waals surface area contributed by atoms with Crippen LogP contribution in [0.15, 0.2) is 18.5 Å². The fraction of sp³-hybridized carbons (Fsp3) is 0.556. The number of hydrogen-bond donors (Lipinski definition) is 2. The number of pyridine rings is 1. The van der Waals surface area contributed by atoms with E-state index in [2.05, 4.69) is 27.4 Å². The molecule has 0 bridgehead atoms. The summed E-state index contributed by atoms with van der Waals surface area (Å²) in [5.74, 6) is 1.14. The van der Waals surface area contributed by atoms with Gasteiger partial charge in [-0.05, 0) is 37.8 Å². The minimum atomic E-state index is 0.126. The van der Waals surface area contributed by atoms with Gasteiger partial charge in [0.1, 0.15) is 0 Å². The highest BCUT2D eigenvalue weighted by atomic mass is 16.5. The molecule has 1 fully saturated rings. The maximum atomic E-state index is 5.99. The number of methoxy groups -OCH3 is 1. The Morgan fingerprint density at radius 3 is 3.00 bits per heavy atom. The molecule has 0 amide bonds. The van der Waals surface area contributed by atoms with Gasteiger partial charge in [-0.3, -0.25) is 5.10 Å². The molecule has 2 aromatic rings. The molecular weight excluding hydrogens is 304 g/mol. The highest BCUT2D eigenvalue weighted by Crippen LogP contribution is 2.32. The van der Waals surface area contributed by atoms with Gasteiger partial charge in [-0.15, -0.1) is 0 Å². The van der Waals surface area contributed by atoms with Crippen molar-refractivity contribution in [3.63, 3.8) is 0 Å². The van der Waals surface area contributed by atoms with E-state index in [4.69, 9.17) is 9.47 Å². The van der Waals surface area contributed by atoms with E-state index in [-0.39, 0.29) is 6.10 Å². The third kappa shape index (κ3) is 3.76. The predicted molar refractivity (Wildman–Crippen MR) is 92.0 cm³/mol. The zero-order valence-electron chi connectivity index (χ0n) is 14.6. The van der Waals surface area contributed by atoms with Gasteiger partial charge in [0.05, 0.1) is 19.4 Å². The fourth-order valence-electron chi connectivity index (χ4n) is 3.41. The lowest BCUT2D eigenvalue weighted by Crippen LogP contribution is -2.32. The van der Waals surface area contributed by atoms with E-state index in [0.29, 0.717) is 11.8 Å².